The second-order valence-electron chi connectivity index (χ2n) is 4.65. The predicted octanol–water partition coefficient (Wildman–Crippen LogP) is 3.92. The van der Waals surface area contributed by atoms with E-state index in [0.717, 1.165) is 18.6 Å². The quantitative estimate of drug-likeness (QED) is 0.865. The van der Waals surface area contributed by atoms with E-state index in [1.807, 2.05) is 24.3 Å². The van der Waals surface area contributed by atoms with E-state index in [0.29, 0.717) is 5.56 Å². The van der Waals surface area contributed by atoms with Gasteiger partial charge in [-0.2, -0.15) is 0 Å². The zero-order valence-corrected chi connectivity index (χ0v) is 11.5. The van der Waals surface area contributed by atoms with Gasteiger partial charge in [-0.15, -0.1) is 0 Å². The van der Waals surface area contributed by atoms with Gasteiger partial charge in [0.1, 0.15) is 12.4 Å². The molecular formula is C17H18O3. The fraction of sp³-hybridized carbons (Fsp3) is 0.235. The normalized spacial score (nSPS) is 10.2. The van der Waals surface area contributed by atoms with Crippen molar-refractivity contribution in [1.29, 1.82) is 0 Å². The number of carboxylic acids is 1. The third-order valence-corrected chi connectivity index (χ3v) is 3.08. The molecule has 3 heteroatoms. The van der Waals surface area contributed by atoms with Gasteiger partial charge in [0.05, 0.1) is 5.56 Å². The van der Waals surface area contributed by atoms with Crippen LogP contribution < -0.4 is 4.74 Å². The van der Waals surface area contributed by atoms with E-state index in [2.05, 4.69) is 13.0 Å². The largest absolute Gasteiger partial charge is 0.489 e. The number of hydrogen-bond acceptors (Lipinski definition) is 2. The molecule has 3 nitrogen and oxygen atoms in total. The summed E-state index contributed by atoms with van der Waals surface area (Å²) in [5, 5.41) is 9.12. The minimum atomic E-state index is -0.927. The molecule has 2 aromatic carbocycles. The highest BCUT2D eigenvalue weighted by atomic mass is 16.5. The molecule has 0 heterocycles. The summed E-state index contributed by atoms with van der Waals surface area (Å²) in [5.74, 6) is -0.153. The average Bonchev–Trinajstić information content (AvgIpc) is 2.46. The van der Waals surface area contributed by atoms with E-state index in [-0.39, 0.29) is 12.2 Å². The molecule has 2 rings (SSSR count). The molecule has 0 saturated heterocycles. The lowest BCUT2D eigenvalue weighted by Gasteiger charge is -2.09. The van der Waals surface area contributed by atoms with Crippen molar-refractivity contribution in [3.8, 4) is 5.75 Å². The number of ether oxygens (including phenoxy) is 1. The average molecular weight is 270 g/mol. The Morgan fingerprint density at radius 3 is 2.70 bits per heavy atom. The third kappa shape index (κ3) is 3.60. The number of benzene rings is 2. The maximum absolute atomic E-state index is 11.1. The summed E-state index contributed by atoms with van der Waals surface area (Å²) in [6.45, 7) is 2.40. The van der Waals surface area contributed by atoms with Gasteiger partial charge in [-0.25, -0.2) is 4.79 Å². The number of carbonyl (C=O) groups is 1. The van der Waals surface area contributed by atoms with Crippen LogP contribution in [0.15, 0.2) is 48.5 Å². The van der Waals surface area contributed by atoms with Crippen LogP contribution in [0.2, 0.25) is 0 Å². The van der Waals surface area contributed by atoms with Crippen molar-refractivity contribution in [2.45, 2.75) is 26.4 Å². The van der Waals surface area contributed by atoms with E-state index in [1.165, 1.54) is 5.56 Å². The molecule has 20 heavy (non-hydrogen) atoms. The first-order chi connectivity index (χ1) is 9.70. The summed E-state index contributed by atoms with van der Waals surface area (Å²) in [6.07, 6.45) is 2.11. The Morgan fingerprint density at radius 1 is 1.15 bits per heavy atom. The van der Waals surface area contributed by atoms with Crippen LogP contribution in [0.25, 0.3) is 0 Å². The van der Waals surface area contributed by atoms with Crippen LogP contribution in [0.5, 0.6) is 5.75 Å². The van der Waals surface area contributed by atoms with Gasteiger partial charge in [0.15, 0.2) is 0 Å². The van der Waals surface area contributed by atoms with Crippen LogP contribution in [-0.4, -0.2) is 11.1 Å². The van der Waals surface area contributed by atoms with Gasteiger partial charge in [0.2, 0.25) is 0 Å². The molecule has 1 N–H and O–H groups in total. The molecule has 0 amide bonds. The molecule has 0 spiro atoms. The minimum absolute atomic E-state index is 0.262. The van der Waals surface area contributed by atoms with Crippen molar-refractivity contribution in [2.24, 2.45) is 0 Å². The van der Waals surface area contributed by atoms with Crippen molar-refractivity contribution >= 4 is 5.97 Å². The number of aryl methyl sites for hydroxylation is 1. The van der Waals surface area contributed by atoms with Crippen LogP contribution in [-0.2, 0) is 13.0 Å². The second kappa shape index (κ2) is 6.75. The predicted molar refractivity (Wildman–Crippen MR) is 78.2 cm³/mol. The molecule has 104 valence electrons. The van der Waals surface area contributed by atoms with E-state index >= 15 is 0 Å². The Hall–Kier alpha value is -2.29. The maximum Gasteiger partial charge on any atom is 0.336 e. The first kappa shape index (κ1) is 14.1. The molecule has 0 bridgehead atoms. The van der Waals surface area contributed by atoms with Crippen LogP contribution in [0.3, 0.4) is 0 Å². The van der Waals surface area contributed by atoms with Crippen molar-refractivity contribution in [2.75, 3.05) is 0 Å². The lowest BCUT2D eigenvalue weighted by Crippen LogP contribution is -2.05. The fourth-order valence-corrected chi connectivity index (χ4v) is 2.10. The molecule has 0 aliphatic carbocycles. The van der Waals surface area contributed by atoms with Gasteiger partial charge in [-0.1, -0.05) is 43.7 Å². The van der Waals surface area contributed by atoms with E-state index in [9.17, 15) is 4.79 Å². The zero-order chi connectivity index (χ0) is 14.4. The number of carboxylic acid groups (broad SMARTS) is 1. The Bertz CT molecular complexity index is 590. The topological polar surface area (TPSA) is 46.5 Å². The number of aromatic carboxylic acids is 1. The molecule has 0 aliphatic rings. The Kier molecular flexibility index (Phi) is 4.77. The molecule has 0 radical (unpaired) electrons. The van der Waals surface area contributed by atoms with Gasteiger partial charge < -0.3 is 9.84 Å². The summed E-state index contributed by atoms with van der Waals surface area (Å²) < 4.78 is 5.71. The SMILES string of the molecule is CCCc1cccc(OCc2ccccc2C(=O)O)c1. The highest BCUT2D eigenvalue weighted by Crippen LogP contribution is 2.17. The lowest BCUT2D eigenvalue weighted by atomic mass is 10.1. The van der Waals surface area contributed by atoms with Gasteiger partial charge in [0, 0.05) is 5.56 Å². The van der Waals surface area contributed by atoms with Crippen LogP contribution in [0.1, 0.15) is 34.8 Å². The Labute approximate surface area is 118 Å². The highest BCUT2D eigenvalue weighted by Gasteiger charge is 2.09. The van der Waals surface area contributed by atoms with Crippen LogP contribution >= 0.6 is 0 Å². The fourth-order valence-electron chi connectivity index (χ4n) is 2.10. The monoisotopic (exact) mass is 270 g/mol. The standard InChI is InChI=1S/C17H18O3/c1-2-6-13-7-5-9-15(11-13)20-12-14-8-3-4-10-16(14)17(18)19/h3-5,7-11H,2,6,12H2,1H3,(H,18,19). The van der Waals surface area contributed by atoms with Crippen LogP contribution in [0, 0.1) is 0 Å². The second-order valence-corrected chi connectivity index (χ2v) is 4.65. The van der Waals surface area contributed by atoms with Crippen molar-refractivity contribution in [3.05, 3.63) is 65.2 Å². The molecule has 0 aliphatic heterocycles. The summed E-state index contributed by atoms with van der Waals surface area (Å²) in [7, 11) is 0. The maximum atomic E-state index is 11.1. The van der Waals surface area contributed by atoms with Gasteiger partial charge >= 0.3 is 5.97 Å². The Morgan fingerprint density at radius 2 is 1.95 bits per heavy atom. The molecule has 2 aromatic rings. The summed E-state index contributed by atoms with van der Waals surface area (Å²) >= 11 is 0. The van der Waals surface area contributed by atoms with Crippen molar-refractivity contribution in [3.63, 3.8) is 0 Å². The first-order valence-electron chi connectivity index (χ1n) is 6.73. The molecular weight excluding hydrogens is 252 g/mol. The number of rotatable bonds is 6. The molecule has 0 fully saturated rings. The molecule has 0 saturated carbocycles. The summed E-state index contributed by atoms with van der Waals surface area (Å²) in [6, 6.07) is 14.8. The third-order valence-electron chi connectivity index (χ3n) is 3.08. The zero-order valence-electron chi connectivity index (χ0n) is 11.5. The van der Waals surface area contributed by atoms with E-state index in [4.69, 9.17) is 9.84 Å². The summed E-state index contributed by atoms with van der Waals surface area (Å²) in [5.41, 5.74) is 2.20. The first-order valence-corrected chi connectivity index (χ1v) is 6.73. The lowest BCUT2D eigenvalue weighted by molar-refractivity contribution is 0.0694. The van der Waals surface area contributed by atoms with E-state index < -0.39 is 5.97 Å². The Balaban J connectivity index is 2.09. The van der Waals surface area contributed by atoms with Gasteiger partial charge in [-0.3, -0.25) is 0 Å². The number of hydrogen-bond donors (Lipinski definition) is 1. The minimum Gasteiger partial charge on any atom is -0.489 e. The molecule has 0 atom stereocenters. The molecule has 0 unspecified atom stereocenters. The highest BCUT2D eigenvalue weighted by molar-refractivity contribution is 5.89. The van der Waals surface area contributed by atoms with Gasteiger partial charge in [-0.05, 0) is 30.2 Å². The van der Waals surface area contributed by atoms with Crippen LogP contribution in [0.4, 0.5) is 0 Å². The molecule has 0 aromatic heterocycles. The smallest absolute Gasteiger partial charge is 0.336 e. The van der Waals surface area contributed by atoms with E-state index in [1.54, 1.807) is 18.2 Å². The van der Waals surface area contributed by atoms with Crippen molar-refractivity contribution in [1.82, 2.24) is 0 Å². The summed E-state index contributed by atoms with van der Waals surface area (Å²) in [4.78, 5) is 11.1. The van der Waals surface area contributed by atoms with Crippen molar-refractivity contribution < 1.29 is 14.6 Å². The van der Waals surface area contributed by atoms with Gasteiger partial charge in [0.25, 0.3) is 0 Å².